The predicted octanol–water partition coefficient (Wildman–Crippen LogP) is 4.42. The molecule has 0 unspecified atom stereocenters. The highest BCUT2D eigenvalue weighted by Crippen LogP contribution is 2.24. The first kappa shape index (κ1) is 28.0. The second-order valence-electron chi connectivity index (χ2n) is 10.4. The number of hydrogen-bond acceptors (Lipinski definition) is 4. The molecule has 0 saturated carbocycles. The number of aromatic nitrogens is 2. The Hall–Kier alpha value is -5.15. The maximum atomic E-state index is 13.4. The highest BCUT2D eigenvalue weighted by molar-refractivity contribution is 6.35. The standard InChI is InChI=1S/C33H28ClN5O4/c34-26-19-35-28-18-23(11-14-25(26)28)32(42)36-27-15-17-38(33(43)22-6-2-1-3-7-22)20-29(27)37-31(41)21-9-12-24(13-10-21)39-16-5-4-8-30(39)40/h1-14,16,18-19,27,29,35H,15,17,20H2,(H,36,42)(H,37,41)/t27-,29+/m1/s1. The van der Waals surface area contributed by atoms with Crippen molar-refractivity contribution < 1.29 is 14.4 Å². The van der Waals surface area contributed by atoms with Gasteiger partial charge in [-0.05, 0) is 61.0 Å². The molecule has 0 spiro atoms. The summed E-state index contributed by atoms with van der Waals surface area (Å²) in [4.78, 5) is 56.9. The van der Waals surface area contributed by atoms with Crippen molar-refractivity contribution >= 4 is 40.2 Å². The van der Waals surface area contributed by atoms with Gasteiger partial charge in [-0.15, -0.1) is 0 Å². The number of likely N-dealkylation sites (tertiary alicyclic amines) is 1. The summed E-state index contributed by atoms with van der Waals surface area (Å²) < 4.78 is 1.49. The molecule has 0 aliphatic carbocycles. The van der Waals surface area contributed by atoms with Crippen LogP contribution in [0.3, 0.4) is 0 Å². The number of halogens is 1. The molecular weight excluding hydrogens is 566 g/mol. The van der Waals surface area contributed by atoms with Crippen molar-refractivity contribution in [1.29, 1.82) is 0 Å². The molecule has 3 N–H and O–H groups in total. The van der Waals surface area contributed by atoms with E-state index in [-0.39, 0.29) is 29.8 Å². The number of nitrogens with zero attached hydrogens (tertiary/aromatic N) is 2. The van der Waals surface area contributed by atoms with Crippen LogP contribution in [0.15, 0.2) is 108 Å². The molecule has 0 bridgehead atoms. The zero-order valence-corrected chi connectivity index (χ0v) is 23.8. The van der Waals surface area contributed by atoms with Gasteiger partial charge >= 0.3 is 0 Å². The SMILES string of the molecule is O=C(N[C@H]1CN(C(=O)c2ccccc2)CC[C@H]1NC(=O)c1ccc2c(Cl)c[nH]c2c1)c1ccc(-n2ccccc2=O)cc1. The number of aromatic amines is 1. The van der Waals surface area contributed by atoms with Crippen molar-refractivity contribution in [2.24, 2.45) is 0 Å². The Bertz CT molecular complexity index is 1870. The van der Waals surface area contributed by atoms with Crippen LogP contribution in [-0.4, -0.2) is 57.3 Å². The summed E-state index contributed by atoms with van der Waals surface area (Å²) in [6.07, 6.45) is 3.78. The number of carbonyl (C=O) groups excluding carboxylic acids is 3. The number of hydrogen-bond donors (Lipinski definition) is 3. The fourth-order valence-electron chi connectivity index (χ4n) is 5.37. The van der Waals surface area contributed by atoms with Gasteiger partial charge in [-0.25, -0.2) is 0 Å². The van der Waals surface area contributed by atoms with Crippen LogP contribution in [-0.2, 0) is 0 Å². The van der Waals surface area contributed by atoms with Crippen molar-refractivity contribution in [1.82, 2.24) is 25.1 Å². The van der Waals surface area contributed by atoms with Gasteiger partial charge in [-0.2, -0.15) is 0 Å². The number of rotatable bonds is 6. The Labute approximate surface area is 252 Å². The number of amides is 3. The number of fused-ring (bicyclic) bond motifs is 1. The molecule has 5 aromatic rings. The lowest BCUT2D eigenvalue weighted by molar-refractivity contribution is 0.0628. The summed E-state index contributed by atoms with van der Waals surface area (Å²) in [6.45, 7) is 0.629. The van der Waals surface area contributed by atoms with E-state index in [9.17, 15) is 19.2 Å². The summed E-state index contributed by atoms with van der Waals surface area (Å²) >= 11 is 6.19. The Balaban J connectivity index is 1.22. The number of nitrogens with one attached hydrogen (secondary N) is 3. The van der Waals surface area contributed by atoms with Gasteiger partial charge in [0.05, 0.1) is 17.1 Å². The van der Waals surface area contributed by atoms with Gasteiger partial charge < -0.3 is 20.5 Å². The van der Waals surface area contributed by atoms with E-state index in [1.807, 2.05) is 6.07 Å². The molecule has 3 aromatic carbocycles. The molecule has 43 heavy (non-hydrogen) atoms. The van der Waals surface area contributed by atoms with Crippen LogP contribution in [0.1, 0.15) is 37.5 Å². The lowest BCUT2D eigenvalue weighted by atomic mass is 9.97. The Morgan fingerprint density at radius 2 is 1.49 bits per heavy atom. The third-order valence-electron chi connectivity index (χ3n) is 7.68. The largest absolute Gasteiger partial charge is 0.360 e. The predicted molar refractivity (Wildman–Crippen MR) is 165 cm³/mol. The highest BCUT2D eigenvalue weighted by Gasteiger charge is 2.34. The van der Waals surface area contributed by atoms with Crippen LogP contribution in [0.4, 0.5) is 0 Å². The molecule has 1 aliphatic heterocycles. The molecule has 3 heterocycles. The van der Waals surface area contributed by atoms with Crippen LogP contribution in [0.25, 0.3) is 16.6 Å². The maximum absolute atomic E-state index is 13.4. The van der Waals surface area contributed by atoms with Crippen LogP contribution in [0, 0.1) is 0 Å². The Morgan fingerprint density at radius 3 is 2.26 bits per heavy atom. The first-order valence-corrected chi connectivity index (χ1v) is 14.3. The molecule has 1 aliphatic rings. The second-order valence-corrected chi connectivity index (χ2v) is 10.8. The van der Waals surface area contributed by atoms with E-state index in [0.29, 0.717) is 40.4 Å². The third-order valence-corrected chi connectivity index (χ3v) is 7.99. The van der Waals surface area contributed by atoms with Crippen molar-refractivity contribution in [3.63, 3.8) is 0 Å². The van der Waals surface area contributed by atoms with E-state index in [1.165, 1.54) is 10.6 Å². The fraction of sp³-hybridized carbons (Fsp3) is 0.152. The number of pyridine rings is 1. The molecule has 0 radical (unpaired) electrons. The summed E-state index contributed by atoms with van der Waals surface area (Å²) in [5.41, 5.74) is 2.59. The van der Waals surface area contributed by atoms with Gasteiger partial charge in [0.25, 0.3) is 23.3 Å². The van der Waals surface area contributed by atoms with E-state index in [4.69, 9.17) is 11.6 Å². The minimum absolute atomic E-state index is 0.142. The zero-order valence-electron chi connectivity index (χ0n) is 23.0. The van der Waals surface area contributed by atoms with E-state index in [2.05, 4.69) is 15.6 Å². The first-order valence-electron chi connectivity index (χ1n) is 13.9. The summed E-state index contributed by atoms with van der Waals surface area (Å²) in [5, 5.41) is 7.51. The van der Waals surface area contributed by atoms with E-state index in [0.717, 1.165) is 10.9 Å². The van der Waals surface area contributed by atoms with Crippen LogP contribution in [0.5, 0.6) is 0 Å². The lowest BCUT2D eigenvalue weighted by Gasteiger charge is -2.39. The van der Waals surface area contributed by atoms with Gasteiger partial charge in [0.2, 0.25) is 0 Å². The minimum Gasteiger partial charge on any atom is -0.360 e. The molecule has 2 aromatic heterocycles. The van der Waals surface area contributed by atoms with Crippen LogP contribution >= 0.6 is 11.6 Å². The smallest absolute Gasteiger partial charge is 0.255 e. The molecule has 3 amide bonds. The van der Waals surface area contributed by atoms with Gasteiger partial charge in [0, 0.05) is 64.8 Å². The molecule has 9 nitrogen and oxygen atoms in total. The summed E-state index contributed by atoms with van der Waals surface area (Å²) in [5.74, 6) is -0.790. The lowest BCUT2D eigenvalue weighted by Crippen LogP contribution is -2.61. The quantitative estimate of drug-likeness (QED) is 0.270. The van der Waals surface area contributed by atoms with Crippen molar-refractivity contribution in [2.75, 3.05) is 13.1 Å². The third kappa shape index (κ3) is 5.93. The number of piperidine rings is 1. The normalized spacial score (nSPS) is 16.5. The van der Waals surface area contributed by atoms with Gasteiger partial charge in [0.1, 0.15) is 0 Å². The van der Waals surface area contributed by atoms with Crippen molar-refractivity contribution in [3.05, 3.63) is 135 Å². The molecule has 2 atom stereocenters. The van der Waals surface area contributed by atoms with E-state index < -0.39 is 12.1 Å². The first-order chi connectivity index (χ1) is 20.9. The van der Waals surface area contributed by atoms with Gasteiger partial charge in [0.15, 0.2) is 0 Å². The monoisotopic (exact) mass is 593 g/mol. The van der Waals surface area contributed by atoms with Crippen LogP contribution in [0.2, 0.25) is 5.02 Å². The average Bonchev–Trinajstić information content (AvgIpc) is 3.42. The highest BCUT2D eigenvalue weighted by atomic mass is 35.5. The minimum atomic E-state index is -0.557. The molecule has 1 saturated heterocycles. The number of carbonyl (C=O) groups is 3. The molecule has 10 heteroatoms. The average molecular weight is 594 g/mol. The number of benzene rings is 3. The van der Waals surface area contributed by atoms with Crippen molar-refractivity contribution in [3.8, 4) is 5.69 Å². The van der Waals surface area contributed by atoms with Crippen LogP contribution < -0.4 is 16.2 Å². The molecule has 1 fully saturated rings. The second kappa shape index (κ2) is 12.0. The van der Waals surface area contributed by atoms with Crippen molar-refractivity contribution in [2.45, 2.75) is 18.5 Å². The molecular formula is C33H28ClN5O4. The number of H-pyrrole nitrogens is 1. The summed E-state index contributed by atoms with van der Waals surface area (Å²) in [6, 6.07) is 24.8. The Morgan fingerprint density at radius 1 is 0.791 bits per heavy atom. The van der Waals surface area contributed by atoms with E-state index in [1.54, 1.807) is 96.2 Å². The van der Waals surface area contributed by atoms with E-state index >= 15 is 0 Å². The summed E-state index contributed by atoms with van der Waals surface area (Å²) in [7, 11) is 0. The molecule has 216 valence electrons. The Kier molecular flexibility index (Phi) is 7.81. The van der Waals surface area contributed by atoms with Gasteiger partial charge in [-0.1, -0.05) is 41.9 Å². The fourth-order valence-corrected chi connectivity index (χ4v) is 5.59. The topological polar surface area (TPSA) is 116 Å². The maximum Gasteiger partial charge on any atom is 0.255 e. The van der Waals surface area contributed by atoms with Gasteiger partial charge in [-0.3, -0.25) is 23.7 Å². The molecule has 6 rings (SSSR count). The zero-order chi connectivity index (χ0) is 29.9.